The minimum Gasteiger partial charge on any atom is -0.388 e. The molecule has 0 bridgehead atoms. The highest BCUT2D eigenvalue weighted by Gasteiger charge is 2.22. The van der Waals surface area contributed by atoms with Gasteiger partial charge in [-0.1, -0.05) is 18.2 Å². The summed E-state index contributed by atoms with van der Waals surface area (Å²) in [6, 6.07) is 8.80. The Kier molecular flexibility index (Phi) is 2.62. The van der Waals surface area contributed by atoms with Gasteiger partial charge in [0.1, 0.15) is 0 Å². The van der Waals surface area contributed by atoms with Gasteiger partial charge in [-0.2, -0.15) is 0 Å². The first-order valence-corrected chi connectivity index (χ1v) is 5.36. The number of hydrogen-bond donors (Lipinski definition) is 2. The SMILES string of the molecule is CC(CC(=N)N)N1CCc2ccccc21. The third-order valence-electron chi connectivity index (χ3n) is 2.97. The Morgan fingerprint density at radius 1 is 1.53 bits per heavy atom. The summed E-state index contributed by atoms with van der Waals surface area (Å²) < 4.78 is 0. The Morgan fingerprint density at radius 3 is 3.00 bits per heavy atom. The van der Waals surface area contributed by atoms with Crippen LogP contribution in [0.15, 0.2) is 24.3 Å². The molecule has 80 valence electrons. The molecule has 0 aliphatic carbocycles. The molecule has 3 heteroatoms. The van der Waals surface area contributed by atoms with Crippen LogP contribution in [0.3, 0.4) is 0 Å². The van der Waals surface area contributed by atoms with Gasteiger partial charge in [0.25, 0.3) is 0 Å². The summed E-state index contributed by atoms with van der Waals surface area (Å²) in [6.45, 7) is 3.18. The van der Waals surface area contributed by atoms with Crippen molar-refractivity contribution >= 4 is 11.5 Å². The van der Waals surface area contributed by atoms with Gasteiger partial charge < -0.3 is 10.6 Å². The predicted octanol–water partition coefficient (Wildman–Crippen LogP) is 1.76. The van der Waals surface area contributed by atoms with Crippen molar-refractivity contribution in [3.8, 4) is 0 Å². The van der Waals surface area contributed by atoms with Crippen LogP contribution in [-0.4, -0.2) is 18.4 Å². The summed E-state index contributed by atoms with van der Waals surface area (Å²) in [7, 11) is 0. The Balaban J connectivity index is 2.16. The molecule has 15 heavy (non-hydrogen) atoms. The van der Waals surface area contributed by atoms with Crippen molar-refractivity contribution < 1.29 is 0 Å². The van der Waals surface area contributed by atoms with E-state index in [1.54, 1.807) is 0 Å². The molecule has 0 saturated heterocycles. The maximum atomic E-state index is 7.32. The molecule has 1 unspecified atom stereocenters. The van der Waals surface area contributed by atoms with E-state index in [-0.39, 0.29) is 5.84 Å². The normalized spacial score (nSPS) is 16.2. The van der Waals surface area contributed by atoms with E-state index < -0.39 is 0 Å². The van der Waals surface area contributed by atoms with Gasteiger partial charge in [0.05, 0.1) is 5.84 Å². The average Bonchev–Trinajstić information content (AvgIpc) is 2.59. The molecular weight excluding hydrogens is 186 g/mol. The lowest BCUT2D eigenvalue weighted by molar-refractivity contribution is 0.673. The van der Waals surface area contributed by atoms with Crippen LogP contribution in [0.1, 0.15) is 18.9 Å². The number of nitrogens with zero attached hydrogens (tertiary/aromatic N) is 1. The lowest BCUT2D eigenvalue weighted by atomic mass is 10.1. The number of nitrogens with two attached hydrogens (primary N) is 1. The molecular formula is C12H17N3. The Labute approximate surface area is 90.4 Å². The molecule has 0 amide bonds. The van der Waals surface area contributed by atoms with Crippen molar-refractivity contribution in [3.63, 3.8) is 0 Å². The number of rotatable bonds is 3. The highest BCUT2D eigenvalue weighted by Crippen LogP contribution is 2.29. The summed E-state index contributed by atoms with van der Waals surface area (Å²) in [5.74, 6) is 0.270. The van der Waals surface area contributed by atoms with Gasteiger partial charge in [-0.25, -0.2) is 0 Å². The van der Waals surface area contributed by atoms with Crippen LogP contribution in [-0.2, 0) is 6.42 Å². The standard InChI is InChI=1S/C12H17N3/c1-9(8-12(13)14)15-7-6-10-4-2-3-5-11(10)15/h2-5,9H,6-8H2,1H3,(H3,13,14). The van der Waals surface area contributed by atoms with E-state index in [0.29, 0.717) is 12.5 Å². The summed E-state index contributed by atoms with van der Waals surface area (Å²) in [5, 5.41) is 7.32. The fraction of sp³-hybridized carbons (Fsp3) is 0.417. The van der Waals surface area contributed by atoms with E-state index >= 15 is 0 Å². The quantitative estimate of drug-likeness (QED) is 0.581. The van der Waals surface area contributed by atoms with Crippen LogP contribution in [0, 0.1) is 5.41 Å². The van der Waals surface area contributed by atoms with Gasteiger partial charge in [0.2, 0.25) is 0 Å². The number of hydrogen-bond acceptors (Lipinski definition) is 2. The lowest BCUT2D eigenvalue weighted by Crippen LogP contribution is -2.34. The molecule has 1 atom stereocenters. The second-order valence-electron chi connectivity index (χ2n) is 4.15. The van der Waals surface area contributed by atoms with Crippen LogP contribution >= 0.6 is 0 Å². The second-order valence-corrected chi connectivity index (χ2v) is 4.15. The highest BCUT2D eigenvalue weighted by atomic mass is 15.2. The fourth-order valence-electron chi connectivity index (χ4n) is 2.25. The monoisotopic (exact) mass is 203 g/mol. The molecule has 0 saturated carbocycles. The molecule has 1 aliphatic rings. The number of para-hydroxylation sites is 1. The number of benzene rings is 1. The van der Waals surface area contributed by atoms with Gasteiger partial charge in [0, 0.05) is 24.7 Å². The van der Waals surface area contributed by atoms with E-state index in [4.69, 9.17) is 11.1 Å². The molecule has 3 N–H and O–H groups in total. The predicted molar refractivity (Wildman–Crippen MR) is 63.5 cm³/mol. The summed E-state index contributed by atoms with van der Waals surface area (Å²) in [4.78, 5) is 2.34. The molecule has 0 radical (unpaired) electrons. The average molecular weight is 203 g/mol. The van der Waals surface area contributed by atoms with Crippen LogP contribution < -0.4 is 10.6 Å². The Hall–Kier alpha value is -1.51. The first-order chi connectivity index (χ1) is 7.18. The minimum absolute atomic E-state index is 0.270. The summed E-state index contributed by atoms with van der Waals surface area (Å²) >= 11 is 0. The number of fused-ring (bicyclic) bond motifs is 1. The van der Waals surface area contributed by atoms with Crippen molar-refractivity contribution in [3.05, 3.63) is 29.8 Å². The Bertz CT molecular complexity index is 373. The molecule has 0 aromatic heterocycles. The molecule has 0 fully saturated rings. The third-order valence-corrected chi connectivity index (χ3v) is 2.97. The molecule has 1 heterocycles. The van der Waals surface area contributed by atoms with Gasteiger partial charge in [-0.3, -0.25) is 5.41 Å². The topological polar surface area (TPSA) is 53.1 Å². The summed E-state index contributed by atoms with van der Waals surface area (Å²) in [5.41, 5.74) is 8.16. The van der Waals surface area contributed by atoms with Crippen molar-refractivity contribution in [2.45, 2.75) is 25.8 Å². The van der Waals surface area contributed by atoms with E-state index in [9.17, 15) is 0 Å². The maximum absolute atomic E-state index is 7.32. The van der Waals surface area contributed by atoms with Crippen LogP contribution in [0.25, 0.3) is 0 Å². The number of anilines is 1. The van der Waals surface area contributed by atoms with E-state index in [1.165, 1.54) is 11.3 Å². The number of amidine groups is 1. The summed E-state index contributed by atoms with van der Waals surface area (Å²) in [6.07, 6.45) is 1.76. The maximum Gasteiger partial charge on any atom is 0.0925 e. The molecule has 1 aliphatic heterocycles. The van der Waals surface area contributed by atoms with Crippen molar-refractivity contribution in [2.75, 3.05) is 11.4 Å². The van der Waals surface area contributed by atoms with Gasteiger partial charge in [-0.15, -0.1) is 0 Å². The third kappa shape index (κ3) is 1.96. The Morgan fingerprint density at radius 2 is 2.27 bits per heavy atom. The lowest BCUT2D eigenvalue weighted by Gasteiger charge is -2.26. The van der Waals surface area contributed by atoms with Crippen LogP contribution in [0.4, 0.5) is 5.69 Å². The van der Waals surface area contributed by atoms with Gasteiger partial charge in [0.15, 0.2) is 0 Å². The first-order valence-electron chi connectivity index (χ1n) is 5.36. The van der Waals surface area contributed by atoms with Crippen molar-refractivity contribution in [2.24, 2.45) is 5.73 Å². The fourth-order valence-corrected chi connectivity index (χ4v) is 2.25. The number of nitrogens with one attached hydrogen (secondary N) is 1. The molecule has 2 rings (SSSR count). The smallest absolute Gasteiger partial charge is 0.0925 e. The van der Waals surface area contributed by atoms with Crippen LogP contribution in [0.2, 0.25) is 0 Å². The zero-order valence-corrected chi connectivity index (χ0v) is 9.03. The molecule has 3 nitrogen and oxygen atoms in total. The van der Waals surface area contributed by atoms with Crippen molar-refractivity contribution in [1.82, 2.24) is 0 Å². The zero-order chi connectivity index (χ0) is 10.8. The molecule has 1 aromatic rings. The zero-order valence-electron chi connectivity index (χ0n) is 9.03. The molecule has 1 aromatic carbocycles. The largest absolute Gasteiger partial charge is 0.388 e. The van der Waals surface area contributed by atoms with E-state index in [0.717, 1.165) is 13.0 Å². The second kappa shape index (κ2) is 3.93. The van der Waals surface area contributed by atoms with Gasteiger partial charge >= 0.3 is 0 Å². The minimum atomic E-state index is 0.270. The van der Waals surface area contributed by atoms with Gasteiger partial charge in [-0.05, 0) is 25.0 Å². The van der Waals surface area contributed by atoms with E-state index in [2.05, 4.69) is 36.1 Å². The van der Waals surface area contributed by atoms with Crippen LogP contribution in [0.5, 0.6) is 0 Å². The van der Waals surface area contributed by atoms with Crippen molar-refractivity contribution in [1.29, 1.82) is 5.41 Å². The highest BCUT2D eigenvalue weighted by molar-refractivity contribution is 5.78. The molecule has 0 spiro atoms. The first kappa shape index (κ1) is 10.0. The van der Waals surface area contributed by atoms with E-state index in [1.807, 2.05) is 0 Å².